The minimum atomic E-state index is -3.71. The number of hydrogen-bond donors (Lipinski definition) is 2. The molecule has 6 nitrogen and oxygen atoms in total. The lowest BCUT2D eigenvalue weighted by molar-refractivity contribution is 0.160. The minimum absolute atomic E-state index is 0.0527. The van der Waals surface area contributed by atoms with Gasteiger partial charge in [0.15, 0.2) is 0 Å². The van der Waals surface area contributed by atoms with E-state index >= 15 is 0 Å². The zero-order chi connectivity index (χ0) is 10.1. The molecule has 1 unspecified atom stereocenters. The Labute approximate surface area is 75.8 Å². The predicted molar refractivity (Wildman–Crippen MR) is 43.7 cm³/mol. The predicted octanol–water partition coefficient (Wildman–Crippen LogP) is -0.692. The van der Waals surface area contributed by atoms with Gasteiger partial charge >= 0.3 is 6.09 Å². The Balaban J connectivity index is 2.80. The monoisotopic (exact) mass is 209 g/mol. The van der Waals surface area contributed by atoms with Gasteiger partial charge in [-0.1, -0.05) is 0 Å². The van der Waals surface area contributed by atoms with Gasteiger partial charge in [-0.3, -0.25) is 0 Å². The van der Waals surface area contributed by atoms with Crippen molar-refractivity contribution in [3.63, 3.8) is 0 Å². The van der Waals surface area contributed by atoms with E-state index in [1.165, 1.54) is 0 Å². The van der Waals surface area contributed by atoms with Crippen LogP contribution in [0.1, 0.15) is 6.42 Å². The van der Waals surface area contributed by atoms with E-state index in [0.29, 0.717) is 10.7 Å². The Morgan fingerprint density at radius 1 is 1.54 bits per heavy atom. The van der Waals surface area contributed by atoms with Crippen LogP contribution >= 0.6 is 0 Å². The fourth-order valence-electron chi connectivity index (χ4n) is 1.27. The Morgan fingerprint density at radius 2 is 2.15 bits per heavy atom. The SMILES string of the molecule is O=C(O)N1CCC(CO)CS1(=O)=O. The number of sulfonamides is 1. The number of nitrogens with zero attached hydrogens (tertiary/aromatic N) is 1. The topological polar surface area (TPSA) is 94.9 Å². The quantitative estimate of drug-likeness (QED) is 0.596. The van der Waals surface area contributed by atoms with Crippen LogP contribution in [0.4, 0.5) is 4.79 Å². The minimum Gasteiger partial charge on any atom is -0.464 e. The first-order valence-electron chi connectivity index (χ1n) is 3.81. The van der Waals surface area contributed by atoms with Crippen LogP contribution < -0.4 is 0 Å². The fourth-order valence-corrected chi connectivity index (χ4v) is 2.94. The average Bonchev–Trinajstić information content (AvgIpc) is 2.01. The molecule has 1 atom stereocenters. The molecule has 0 aliphatic carbocycles. The van der Waals surface area contributed by atoms with Gasteiger partial charge in [0.25, 0.3) is 0 Å². The summed E-state index contributed by atoms with van der Waals surface area (Å²) in [6, 6.07) is 0. The van der Waals surface area contributed by atoms with E-state index in [1.807, 2.05) is 0 Å². The van der Waals surface area contributed by atoms with Gasteiger partial charge in [-0.2, -0.15) is 0 Å². The highest BCUT2D eigenvalue weighted by Gasteiger charge is 2.34. The molecule has 1 aliphatic heterocycles. The maximum atomic E-state index is 11.2. The number of carbonyl (C=O) groups is 1. The number of hydrogen-bond acceptors (Lipinski definition) is 4. The van der Waals surface area contributed by atoms with Crippen molar-refractivity contribution in [2.45, 2.75) is 6.42 Å². The van der Waals surface area contributed by atoms with Crippen LogP contribution in [0, 0.1) is 5.92 Å². The van der Waals surface area contributed by atoms with Crippen LogP contribution in [0.5, 0.6) is 0 Å². The zero-order valence-electron chi connectivity index (χ0n) is 6.88. The van der Waals surface area contributed by atoms with Gasteiger partial charge in [0.05, 0.1) is 5.75 Å². The van der Waals surface area contributed by atoms with E-state index in [0.717, 1.165) is 0 Å². The molecule has 0 bridgehead atoms. The van der Waals surface area contributed by atoms with Crippen molar-refractivity contribution in [2.24, 2.45) is 5.92 Å². The third kappa shape index (κ3) is 2.10. The van der Waals surface area contributed by atoms with Gasteiger partial charge in [0, 0.05) is 13.2 Å². The Morgan fingerprint density at radius 3 is 2.54 bits per heavy atom. The first kappa shape index (κ1) is 10.3. The van der Waals surface area contributed by atoms with Crippen LogP contribution in [-0.2, 0) is 10.0 Å². The van der Waals surface area contributed by atoms with Crippen LogP contribution in [0.25, 0.3) is 0 Å². The Kier molecular flexibility index (Phi) is 2.77. The van der Waals surface area contributed by atoms with Crippen molar-refractivity contribution < 1.29 is 23.4 Å². The molecule has 2 N–H and O–H groups in total. The molecule has 1 amide bonds. The standard InChI is InChI=1S/C6H11NO5S/c8-3-5-1-2-7(6(9)10)13(11,12)4-5/h5,8H,1-4H2,(H,9,10). The maximum Gasteiger partial charge on any atom is 0.421 e. The van der Waals surface area contributed by atoms with E-state index < -0.39 is 16.1 Å². The second kappa shape index (κ2) is 3.51. The van der Waals surface area contributed by atoms with Crippen LogP contribution in [0.3, 0.4) is 0 Å². The highest BCUT2D eigenvalue weighted by Crippen LogP contribution is 2.18. The van der Waals surface area contributed by atoms with Crippen molar-refractivity contribution in [3.05, 3.63) is 0 Å². The zero-order valence-corrected chi connectivity index (χ0v) is 7.70. The van der Waals surface area contributed by atoms with E-state index in [1.54, 1.807) is 0 Å². The number of aliphatic hydroxyl groups excluding tert-OH is 1. The molecule has 76 valence electrons. The summed E-state index contributed by atoms with van der Waals surface area (Å²) in [4.78, 5) is 10.4. The first-order valence-corrected chi connectivity index (χ1v) is 5.42. The van der Waals surface area contributed by atoms with Gasteiger partial charge in [0.1, 0.15) is 0 Å². The first-order chi connectivity index (χ1) is 5.97. The van der Waals surface area contributed by atoms with Gasteiger partial charge in [0.2, 0.25) is 10.0 Å². The van der Waals surface area contributed by atoms with E-state index in [-0.39, 0.29) is 24.8 Å². The third-order valence-corrected chi connectivity index (χ3v) is 3.90. The van der Waals surface area contributed by atoms with Gasteiger partial charge in [-0.15, -0.1) is 0 Å². The largest absolute Gasteiger partial charge is 0.464 e. The Bertz CT molecular complexity index is 298. The van der Waals surface area contributed by atoms with E-state index in [4.69, 9.17) is 10.2 Å². The third-order valence-electron chi connectivity index (χ3n) is 1.99. The molecular weight excluding hydrogens is 198 g/mol. The summed E-state index contributed by atoms with van der Waals surface area (Å²) in [5, 5.41) is 17.2. The summed E-state index contributed by atoms with van der Waals surface area (Å²) in [5.41, 5.74) is 0. The lowest BCUT2D eigenvalue weighted by Crippen LogP contribution is -2.45. The van der Waals surface area contributed by atoms with Crippen LogP contribution in [0.2, 0.25) is 0 Å². The van der Waals surface area contributed by atoms with E-state index in [9.17, 15) is 13.2 Å². The smallest absolute Gasteiger partial charge is 0.421 e. The molecule has 0 aromatic rings. The molecule has 1 heterocycles. The molecule has 0 aromatic heterocycles. The number of amides is 1. The van der Waals surface area contributed by atoms with Crippen LogP contribution in [0.15, 0.2) is 0 Å². The molecule has 1 saturated heterocycles. The lowest BCUT2D eigenvalue weighted by atomic mass is 10.1. The van der Waals surface area contributed by atoms with Crippen molar-refractivity contribution in [2.75, 3.05) is 18.9 Å². The van der Waals surface area contributed by atoms with Crippen LogP contribution in [-0.4, -0.2) is 47.9 Å². The summed E-state index contributed by atoms with van der Waals surface area (Å²) >= 11 is 0. The second-order valence-corrected chi connectivity index (χ2v) is 4.91. The van der Waals surface area contributed by atoms with Gasteiger partial charge in [-0.25, -0.2) is 17.5 Å². The highest BCUT2D eigenvalue weighted by molar-refractivity contribution is 7.89. The molecule has 13 heavy (non-hydrogen) atoms. The van der Waals surface area contributed by atoms with E-state index in [2.05, 4.69) is 0 Å². The summed E-state index contributed by atoms with van der Waals surface area (Å²) in [6.45, 7) is -0.268. The molecule has 1 fully saturated rings. The number of aliphatic hydroxyl groups is 1. The molecule has 7 heteroatoms. The maximum absolute atomic E-state index is 11.2. The summed E-state index contributed by atoms with van der Waals surface area (Å²) in [5.74, 6) is -0.615. The van der Waals surface area contributed by atoms with Gasteiger partial charge < -0.3 is 10.2 Å². The highest BCUT2D eigenvalue weighted by atomic mass is 32.2. The summed E-state index contributed by atoms with van der Waals surface area (Å²) in [6.07, 6.45) is -1.06. The fraction of sp³-hybridized carbons (Fsp3) is 0.833. The molecule has 1 rings (SSSR count). The molecular formula is C6H11NO5S. The van der Waals surface area contributed by atoms with Crippen molar-refractivity contribution >= 4 is 16.1 Å². The lowest BCUT2D eigenvalue weighted by Gasteiger charge is -2.28. The molecule has 1 aliphatic rings. The number of rotatable bonds is 1. The summed E-state index contributed by atoms with van der Waals surface area (Å²) < 4.78 is 22.9. The second-order valence-electron chi connectivity index (χ2n) is 2.97. The number of carboxylic acid groups (broad SMARTS) is 1. The van der Waals surface area contributed by atoms with Crippen molar-refractivity contribution in [1.82, 2.24) is 4.31 Å². The van der Waals surface area contributed by atoms with Gasteiger partial charge in [-0.05, 0) is 12.3 Å². The van der Waals surface area contributed by atoms with Crippen molar-refractivity contribution in [3.8, 4) is 0 Å². The Hall–Kier alpha value is -0.820. The average molecular weight is 209 g/mol. The molecule has 0 saturated carbocycles. The normalized spacial score (nSPS) is 27.2. The molecule has 0 spiro atoms. The molecule has 0 radical (unpaired) electrons. The van der Waals surface area contributed by atoms with Crippen molar-refractivity contribution in [1.29, 1.82) is 0 Å². The summed E-state index contributed by atoms with van der Waals surface area (Å²) in [7, 11) is -3.71. The molecule has 0 aromatic carbocycles.